The van der Waals surface area contributed by atoms with Crippen LogP contribution in [-0.2, 0) is 26.8 Å². The number of ether oxygens (including phenoxy) is 1. The molecular weight excluding hydrogens is 666 g/mol. The van der Waals surface area contributed by atoms with Crippen LogP contribution < -0.4 is 10.5 Å². The van der Waals surface area contributed by atoms with Crippen LogP contribution in [0.15, 0.2) is 65.6 Å². The standard InChI is InChI=1S/C38H45F3N4O4S/c39-38(40,41)37(15-16-37)28-9-5-25(6-10-28)23-43-17-18-44(35(24-43)36(46)45-30-11-12-31(45)22-29(42)21-30)50(47,48)34-14-8-26-19-33(13-7-27(26)20-34)49-32-3-1-2-4-32/h5-10,13-14,19-20,29-32,35H,1-4,11-12,15-18,21-24,42H2/t29?,30?,31?,35-/m0/s1. The first-order valence-electron chi connectivity index (χ1n) is 18.1. The number of carbonyl (C=O) groups is 1. The normalized spacial score (nSPS) is 27.6. The fourth-order valence-corrected chi connectivity index (χ4v) is 10.6. The Kier molecular flexibility index (Phi) is 8.68. The summed E-state index contributed by atoms with van der Waals surface area (Å²) in [4.78, 5) is 18.6. The molecule has 2 N–H and O–H groups in total. The summed E-state index contributed by atoms with van der Waals surface area (Å²) in [5.74, 6) is 0.586. The zero-order valence-electron chi connectivity index (χ0n) is 28.2. The quantitative estimate of drug-likeness (QED) is 0.303. The molecular formula is C38H45F3N4O4S. The van der Waals surface area contributed by atoms with E-state index in [9.17, 15) is 26.4 Å². The second-order valence-corrected chi connectivity index (χ2v) is 17.1. The van der Waals surface area contributed by atoms with Crippen molar-refractivity contribution in [2.75, 3.05) is 19.6 Å². The van der Waals surface area contributed by atoms with E-state index in [0.717, 1.165) is 47.8 Å². The molecule has 3 atom stereocenters. The van der Waals surface area contributed by atoms with Crippen LogP contribution in [0.5, 0.6) is 5.75 Å². The first kappa shape index (κ1) is 33.9. The molecule has 3 aromatic carbocycles. The number of alkyl halides is 3. The first-order valence-corrected chi connectivity index (χ1v) is 19.5. The van der Waals surface area contributed by atoms with Gasteiger partial charge in [0.25, 0.3) is 0 Å². The maximum Gasteiger partial charge on any atom is 0.398 e. The third kappa shape index (κ3) is 6.20. The van der Waals surface area contributed by atoms with Crippen LogP contribution in [0.25, 0.3) is 10.8 Å². The molecule has 2 bridgehead atoms. The van der Waals surface area contributed by atoms with E-state index in [1.807, 2.05) is 28.0 Å². The molecule has 50 heavy (non-hydrogen) atoms. The Morgan fingerprint density at radius 3 is 2.20 bits per heavy atom. The molecule has 3 saturated heterocycles. The number of carbonyl (C=O) groups excluding carboxylic acids is 1. The average Bonchev–Trinajstić information content (AvgIpc) is 3.68. The average molecular weight is 711 g/mol. The number of halogens is 3. The van der Waals surface area contributed by atoms with Gasteiger partial charge in [-0.1, -0.05) is 36.4 Å². The minimum Gasteiger partial charge on any atom is -0.490 e. The van der Waals surface area contributed by atoms with Crippen molar-refractivity contribution < 1.29 is 31.1 Å². The maximum atomic E-state index is 14.5. The molecule has 268 valence electrons. The van der Waals surface area contributed by atoms with Gasteiger partial charge in [-0.25, -0.2) is 8.42 Å². The summed E-state index contributed by atoms with van der Waals surface area (Å²) in [6, 6.07) is 16.5. The number of rotatable bonds is 8. The van der Waals surface area contributed by atoms with Crippen LogP contribution >= 0.6 is 0 Å². The highest BCUT2D eigenvalue weighted by Crippen LogP contribution is 2.58. The lowest BCUT2D eigenvalue weighted by molar-refractivity contribution is -0.160. The molecule has 2 unspecified atom stereocenters. The molecule has 2 aliphatic carbocycles. The number of hydrogen-bond acceptors (Lipinski definition) is 6. The van der Waals surface area contributed by atoms with Crippen molar-refractivity contribution in [2.24, 2.45) is 5.73 Å². The predicted molar refractivity (Wildman–Crippen MR) is 184 cm³/mol. The van der Waals surface area contributed by atoms with Gasteiger partial charge >= 0.3 is 6.18 Å². The Balaban J connectivity index is 1.04. The molecule has 1 amide bonds. The molecule has 3 heterocycles. The first-order chi connectivity index (χ1) is 23.9. The highest BCUT2D eigenvalue weighted by Gasteiger charge is 2.64. The highest BCUT2D eigenvalue weighted by molar-refractivity contribution is 7.89. The Labute approximate surface area is 291 Å². The fraction of sp³-hybridized carbons (Fsp3) is 0.553. The van der Waals surface area contributed by atoms with Gasteiger partial charge in [0.2, 0.25) is 15.9 Å². The van der Waals surface area contributed by atoms with Crippen LogP contribution in [-0.4, -0.2) is 84.5 Å². The van der Waals surface area contributed by atoms with Crippen molar-refractivity contribution in [1.82, 2.24) is 14.1 Å². The minimum absolute atomic E-state index is 0.00609. The Morgan fingerprint density at radius 1 is 0.880 bits per heavy atom. The van der Waals surface area contributed by atoms with Gasteiger partial charge in [-0.15, -0.1) is 0 Å². The Hall–Kier alpha value is -3.19. The Morgan fingerprint density at radius 2 is 1.54 bits per heavy atom. The summed E-state index contributed by atoms with van der Waals surface area (Å²) in [7, 11) is -4.07. The SMILES string of the molecule is NC1CC2CCC(C1)N2C(=O)[C@@H]1CN(Cc2ccc(C3(C(F)(F)F)CC3)cc2)CCN1S(=O)(=O)c1ccc2cc(OC3CCCC3)ccc2c1. The summed E-state index contributed by atoms with van der Waals surface area (Å²) in [5, 5.41) is 1.66. The summed E-state index contributed by atoms with van der Waals surface area (Å²) < 4.78 is 77.6. The van der Waals surface area contributed by atoms with Crippen LogP contribution in [0.3, 0.4) is 0 Å². The number of piperidine rings is 1. The highest BCUT2D eigenvalue weighted by atomic mass is 32.2. The van der Waals surface area contributed by atoms with E-state index >= 15 is 0 Å². The molecule has 5 aliphatic rings. The van der Waals surface area contributed by atoms with Crippen molar-refractivity contribution in [3.63, 3.8) is 0 Å². The van der Waals surface area contributed by atoms with Gasteiger partial charge < -0.3 is 15.4 Å². The van der Waals surface area contributed by atoms with E-state index in [-0.39, 0.29) is 66.5 Å². The molecule has 3 aromatic rings. The second-order valence-electron chi connectivity index (χ2n) is 15.2. The van der Waals surface area contributed by atoms with Gasteiger partial charge in [0.15, 0.2) is 0 Å². The smallest absolute Gasteiger partial charge is 0.398 e. The van der Waals surface area contributed by atoms with Gasteiger partial charge in [0.1, 0.15) is 11.8 Å². The zero-order chi connectivity index (χ0) is 34.8. The van der Waals surface area contributed by atoms with Gasteiger partial charge in [0.05, 0.1) is 16.4 Å². The monoisotopic (exact) mass is 710 g/mol. The van der Waals surface area contributed by atoms with Crippen molar-refractivity contribution in [3.8, 4) is 5.75 Å². The summed E-state index contributed by atoms with van der Waals surface area (Å²) in [5.41, 5.74) is 5.68. The number of nitrogens with zero attached hydrogens (tertiary/aromatic N) is 3. The molecule has 8 nitrogen and oxygen atoms in total. The van der Waals surface area contributed by atoms with E-state index in [4.69, 9.17) is 10.5 Å². The molecule has 0 spiro atoms. The molecule has 8 rings (SSSR count). The van der Waals surface area contributed by atoms with Crippen molar-refractivity contribution in [2.45, 2.75) is 118 Å². The maximum absolute atomic E-state index is 14.5. The number of fused-ring (bicyclic) bond motifs is 3. The topological polar surface area (TPSA) is 96.2 Å². The Bertz CT molecular complexity index is 1850. The molecule has 0 radical (unpaired) electrons. The van der Waals surface area contributed by atoms with E-state index < -0.39 is 27.7 Å². The fourth-order valence-electron chi connectivity index (χ4n) is 9.02. The summed E-state index contributed by atoms with van der Waals surface area (Å²) in [6.45, 7) is 1.08. The number of piperazine rings is 1. The third-order valence-corrected chi connectivity index (χ3v) is 13.8. The van der Waals surface area contributed by atoms with Crippen molar-refractivity contribution >= 4 is 26.7 Å². The summed E-state index contributed by atoms with van der Waals surface area (Å²) >= 11 is 0. The second kappa shape index (κ2) is 12.8. The molecule has 0 aromatic heterocycles. The van der Waals surface area contributed by atoms with Crippen LogP contribution in [0.4, 0.5) is 13.2 Å². The van der Waals surface area contributed by atoms with Gasteiger partial charge in [0, 0.05) is 44.3 Å². The van der Waals surface area contributed by atoms with Crippen molar-refractivity contribution in [3.05, 3.63) is 71.8 Å². The summed E-state index contributed by atoms with van der Waals surface area (Å²) in [6.07, 6.45) is 3.69. The lowest BCUT2D eigenvalue weighted by Crippen LogP contribution is -2.63. The number of hydrogen-bond donors (Lipinski definition) is 1. The number of amides is 1. The number of sulfonamides is 1. The lowest BCUT2D eigenvalue weighted by atomic mass is 9.94. The van der Waals surface area contributed by atoms with Gasteiger partial charge in [-0.2, -0.15) is 17.5 Å². The molecule has 5 fully saturated rings. The van der Waals surface area contributed by atoms with E-state index in [2.05, 4.69) is 0 Å². The molecule has 2 saturated carbocycles. The molecule has 3 aliphatic heterocycles. The van der Waals surface area contributed by atoms with Gasteiger partial charge in [-0.05, 0) is 110 Å². The zero-order valence-corrected chi connectivity index (χ0v) is 29.0. The van der Waals surface area contributed by atoms with Crippen molar-refractivity contribution in [1.29, 1.82) is 0 Å². The lowest BCUT2D eigenvalue weighted by Gasteiger charge is -2.45. The van der Waals surface area contributed by atoms with Crippen LogP contribution in [0.1, 0.15) is 75.3 Å². The van der Waals surface area contributed by atoms with E-state index in [1.165, 1.54) is 17.1 Å². The third-order valence-electron chi connectivity index (χ3n) is 11.9. The molecule has 12 heteroatoms. The largest absolute Gasteiger partial charge is 0.490 e. The minimum atomic E-state index is -4.28. The van der Waals surface area contributed by atoms with Crippen LogP contribution in [0, 0.1) is 0 Å². The van der Waals surface area contributed by atoms with Gasteiger partial charge in [-0.3, -0.25) is 9.69 Å². The number of benzene rings is 3. The van der Waals surface area contributed by atoms with Crippen LogP contribution in [0.2, 0.25) is 0 Å². The number of nitrogens with two attached hydrogens (primary N) is 1. The van der Waals surface area contributed by atoms with E-state index in [0.29, 0.717) is 25.9 Å². The predicted octanol–water partition coefficient (Wildman–Crippen LogP) is 6.11. The van der Waals surface area contributed by atoms with E-state index in [1.54, 1.807) is 42.5 Å².